The molecule has 0 atom stereocenters. The van der Waals surface area contributed by atoms with Crippen molar-refractivity contribution in [3.63, 3.8) is 0 Å². The number of nitrogens with one attached hydrogen (secondary N) is 2. The van der Waals surface area contributed by atoms with Gasteiger partial charge in [0.25, 0.3) is 0 Å². The van der Waals surface area contributed by atoms with Gasteiger partial charge in [-0.25, -0.2) is 4.99 Å². The number of nitrogens with zero attached hydrogens (tertiary/aromatic N) is 2. The third kappa shape index (κ3) is 6.25. The normalized spacial score (nSPS) is 20.2. The summed E-state index contributed by atoms with van der Waals surface area (Å²) in [5, 5.41) is 6.62. The summed E-state index contributed by atoms with van der Waals surface area (Å²) < 4.78 is 47.7. The second kappa shape index (κ2) is 10.3. The molecule has 1 aromatic rings. The number of para-hydroxylation sites is 1. The maximum atomic E-state index is 12.7. The average Bonchev–Trinajstić information content (AvgIpc) is 3.26. The summed E-state index contributed by atoms with van der Waals surface area (Å²) in [6.07, 6.45) is -0.378. The lowest BCUT2D eigenvalue weighted by Crippen LogP contribution is -2.58. The number of hydrogen-bond donors (Lipinski definition) is 2. The first-order chi connectivity index (χ1) is 14.4. The van der Waals surface area contributed by atoms with Gasteiger partial charge in [-0.2, -0.15) is 0 Å². The molecule has 9 heteroatoms. The summed E-state index contributed by atoms with van der Waals surface area (Å²) in [5.74, 6) is 0.368. The lowest BCUT2D eigenvalue weighted by molar-refractivity contribution is -0.274. The predicted molar refractivity (Wildman–Crippen MR) is 110 cm³/mol. The second-order valence-electron chi connectivity index (χ2n) is 7.74. The highest BCUT2D eigenvalue weighted by Gasteiger charge is 2.39. The molecule has 2 aliphatic rings. The molecule has 0 aliphatic carbocycles. The summed E-state index contributed by atoms with van der Waals surface area (Å²) in [5.41, 5.74) is 0.412. The third-order valence-electron chi connectivity index (χ3n) is 5.74. The van der Waals surface area contributed by atoms with E-state index in [4.69, 9.17) is 4.74 Å². The van der Waals surface area contributed by atoms with Crippen molar-refractivity contribution >= 4 is 5.96 Å². The minimum absolute atomic E-state index is 0.0300. The zero-order valence-corrected chi connectivity index (χ0v) is 17.4. The van der Waals surface area contributed by atoms with E-state index < -0.39 is 6.36 Å². The van der Waals surface area contributed by atoms with Gasteiger partial charge in [-0.15, -0.1) is 13.2 Å². The van der Waals surface area contributed by atoms with Crippen LogP contribution in [-0.4, -0.2) is 62.2 Å². The molecule has 30 heavy (non-hydrogen) atoms. The van der Waals surface area contributed by atoms with Crippen LogP contribution in [-0.2, 0) is 11.3 Å². The molecule has 2 fully saturated rings. The Morgan fingerprint density at radius 3 is 2.53 bits per heavy atom. The van der Waals surface area contributed by atoms with Crippen molar-refractivity contribution in [2.75, 3.05) is 39.4 Å². The molecule has 0 spiro atoms. The van der Waals surface area contributed by atoms with Crippen LogP contribution in [0, 0.1) is 0 Å². The van der Waals surface area contributed by atoms with Crippen LogP contribution in [0.2, 0.25) is 0 Å². The average molecular weight is 428 g/mol. The summed E-state index contributed by atoms with van der Waals surface area (Å²) in [6.45, 7) is 7.11. The van der Waals surface area contributed by atoms with Gasteiger partial charge < -0.3 is 20.1 Å². The van der Waals surface area contributed by atoms with Crippen molar-refractivity contribution in [3.8, 4) is 5.75 Å². The molecular formula is C21H31F3N4O2. The van der Waals surface area contributed by atoms with E-state index in [1.807, 2.05) is 6.92 Å². The van der Waals surface area contributed by atoms with Crippen LogP contribution >= 0.6 is 0 Å². The molecule has 6 nitrogen and oxygen atoms in total. The smallest absolute Gasteiger partial charge is 0.405 e. The number of halogens is 3. The van der Waals surface area contributed by atoms with Crippen LogP contribution in [0.4, 0.5) is 13.2 Å². The maximum absolute atomic E-state index is 12.7. The molecule has 3 rings (SSSR count). The molecule has 0 radical (unpaired) electrons. The van der Waals surface area contributed by atoms with E-state index >= 15 is 0 Å². The fourth-order valence-electron chi connectivity index (χ4n) is 4.16. The number of alkyl halides is 3. The van der Waals surface area contributed by atoms with Crippen molar-refractivity contribution < 1.29 is 22.6 Å². The van der Waals surface area contributed by atoms with Gasteiger partial charge in [-0.3, -0.25) is 4.90 Å². The van der Waals surface area contributed by atoms with Crippen LogP contribution in [0.3, 0.4) is 0 Å². The Kier molecular flexibility index (Phi) is 7.82. The van der Waals surface area contributed by atoms with Crippen LogP contribution in [0.15, 0.2) is 29.3 Å². The van der Waals surface area contributed by atoms with E-state index in [1.165, 1.54) is 25.0 Å². The molecule has 2 N–H and O–H groups in total. The van der Waals surface area contributed by atoms with E-state index in [9.17, 15) is 13.2 Å². The Balaban J connectivity index is 1.69. The fourth-order valence-corrected chi connectivity index (χ4v) is 4.16. The quantitative estimate of drug-likeness (QED) is 0.516. The van der Waals surface area contributed by atoms with Crippen LogP contribution in [0.25, 0.3) is 0 Å². The lowest BCUT2D eigenvalue weighted by atomic mass is 9.88. The first kappa shape index (κ1) is 22.7. The summed E-state index contributed by atoms with van der Waals surface area (Å²) >= 11 is 0. The summed E-state index contributed by atoms with van der Waals surface area (Å²) in [4.78, 5) is 7.07. The van der Waals surface area contributed by atoms with Crippen molar-refractivity contribution in [1.29, 1.82) is 0 Å². The number of aliphatic imine (C=N–C) groups is 1. The maximum Gasteiger partial charge on any atom is 0.573 e. The number of ether oxygens (including phenoxy) is 2. The summed E-state index contributed by atoms with van der Waals surface area (Å²) in [7, 11) is 0. The molecular weight excluding hydrogens is 397 g/mol. The highest BCUT2D eigenvalue weighted by molar-refractivity contribution is 5.79. The second-order valence-corrected chi connectivity index (χ2v) is 7.74. The number of hydrogen-bond acceptors (Lipinski definition) is 4. The molecule has 2 aliphatic heterocycles. The zero-order chi connectivity index (χ0) is 21.5. The Hall–Kier alpha value is -2.00. The molecule has 2 saturated heterocycles. The van der Waals surface area contributed by atoms with Gasteiger partial charge in [0, 0.05) is 37.4 Å². The minimum atomic E-state index is -4.73. The minimum Gasteiger partial charge on any atom is -0.405 e. The standard InChI is InChI=1S/C21H31F3N4O2/c1-2-25-19(26-15-17-7-3-4-8-18(17)30-21(22,23)24)27-16-20(9-13-29-14-10-20)28-11-5-6-12-28/h3-4,7-8H,2,5-6,9-16H2,1H3,(H2,25,26,27). The molecule has 2 heterocycles. The SMILES string of the molecule is CCNC(=NCc1ccccc1OC(F)(F)F)NCC1(N2CCCC2)CCOCC1. The molecule has 0 amide bonds. The first-order valence-electron chi connectivity index (χ1n) is 10.6. The Bertz CT molecular complexity index is 700. The summed E-state index contributed by atoms with van der Waals surface area (Å²) in [6, 6.07) is 6.10. The third-order valence-corrected chi connectivity index (χ3v) is 5.74. The van der Waals surface area contributed by atoms with Crippen molar-refractivity contribution in [2.45, 2.75) is 51.1 Å². The van der Waals surface area contributed by atoms with E-state index in [0.717, 1.165) is 45.7 Å². The molecule has 0 saturated carbocycles. The monoisotopic (exact) mass is 428 g/mol. The number of guanidine groups is 1. The largest absolute Gasteiger partial charge is 0.573 e. The van der Waals surface area contributed by atoms with Gasteiger partial charge in [0.1, 0.15) is 5.75 Å². The first-order valence-corrected chi connectivity index (χ1v) is 10.6. The number of benzene rings is 1. The highest BCUT2D eigenvalue weighted by Crippen LogP contribution is 2.31. The zero-order valence-electron chi connectivity index (χ0n) is 17.4. The molecule has 168 valence electrons. The van der Waals surface area contributed by atoms with Crippen molar-refractivity contribution in [3.05, 3.63) is 29.8 Å². The predicted octanol–water partition coefficient (Wildman–Crippen LogP) is 3.29. The fraction of sp³-hybridized carbons (Fsp3) is 0.667. The van der Waals surface area contributed by atoms with Gasteiger partial charge in [0.15, 0.2) is 5.96 Å². The molecule has 1 aromatic carbocycles. The molecule has 0 bridgehead atoms. The van der Waals surface area contributed by atoms with Crippen LogP contribution in [0.1, 0.15) is 38.2 Å². The van der Waals surface area contributed by atoms with Crippen LogP contribution < -0.4 is 15.4 Å². The van der Waals surface area contributed by atoms with Gasteiger partial charge in [-0.1, -0.05) is 18.2 Å². The van der Waals surface area contributed by atoms with Gasteiger partial charge in [-0.05, 0) is 51.8 Å². The van der Waals surface area contributed by atoms with Gasteiger partial charge in [0.2, 0.25) is 0 Å². The molecule has 0 aromatic heterocycles. The Labute approximate surface area is 175 Å². The van der Waals surface area contributed by atoms with Gasteiger partial charge >= 0.3 is 6.36 Å². The van der Waals surface area contributed by atoms with E-state index in [1.54, 1.807) is 12.1 Å². The topological polar surface area (TPSA) is 58.1 Å². The number of likely N-dealkylation sites (tertiary alicyclic amines) is 1. The highest BCUT2D eigenvalue weighted by atomic mass is 19.4. The van der Waals surface area contributed by atoms with E-state index in [-0.39, 0.29) is 17.8 Å². The Morgan fingerprint density at radius 1 is 1.17 bits per heavy atom. The number of rotatable bonds is 7. The van der Waals surface area contributed by atoms with E-state index in [0.29, 0.717) is 18.1 Å². The van der Waals surface area contributed by atoms with Gasteiger partial charge in [0.05, 0.1) is 6.54 Å². The Morgan fingerprint density at radius 2 is 1.87 bits per heavy atom. The van der Waals surface area contributed by atoms with Crippen molar-refractivity contribution in [2.24, 2.45) is 4.99 Å². The van der Waals surface area contributed by atoms with Crippen LogP contribution in [0.5, 0.6) is 5.75 Å². The van der Waals surface area contributed by atoms with Crippen molar-refractivity contribution in [1.82, 2.24) is 15.5 Å². The lowest BCUT2D eigenvalue weighted by Gasteiger charge is -2.45. The van der Waals surface area contributed by atoms with E-state index in [2.05, 4.69) is 25.3 Å². The molecule has 0 unspecified atom stereocenters.